The van der Waals surface area contributed by atoms with Crippen molar-refractivity contribution in [3.8, 4) is 0 Å². The number of rotatable bonds is 6. The zero-order valence-corrected chi connectivity index (χ0v) is 11.5. The van der Waals surface area contributed by atoms with Crippen molar-refractivity contribution in [2.75, 3.05) is 13.1 Å². The Balaban J connectivity index is 2.15. The van der Waals surface area contributed by atoms with Crippen LogP contribution in [-0.2, 0) is 13.6 Å². The van der Waals surface area contributed by atoms with E-state index in [1.54, 1.807) is 0 Å². The van der Waals surface area contributed by atoms with Crippen LogP contribution in [-0.4, -0.2) is 32.8 Å². The molecule has 1 atom stereocenters. The van der Waals surface area contributed by atoms with Gasteiger partial charge in [0.25, 0.3) is 0 Å². The Labute approximate surface area is 114 Å². The van der Waals surface area contributed by atoms with E-state index in [-0.39, 0.29) is 6.04 Å². The maximum atomic E-state index is 5.95. The zero-order chi connectivity index (χ0) is 13.7. The smallest absolute Gasteiger partial charge is 0.0538 e. The van der Waals surface area contributed by atoms with Crippen LogP contribution in [0.4, 0.5) is 0 Å². The summed E-state index contributed by atoms with van der Waals surface area (Å²) in [5.74, 6) is 0. The van der Waals surface area contributed by atoms with Gasteiger partial charge in [-0.3, -0.25) is 14.6 Å². The number of aromatic nitrogens is 3. The van der Waals surface area contributed by atoms with Crippen LogP contribution in [0.2, 0.25) is 0 Å². The summed E-state index contributed by atoms with van der Waals surface area (Å²) in [5.41, 5.74) is 8.37. The quantitative estimate of drug-likeness (QED) is 0.850. The number of likely N-dealkylation sites (N-methyl/N-ethyl adjacent to an activating group) is 1. The molecule has 2 aromatic rings. The molecule has 19 heavy (non-hydrogen) atoms. The molecule has 0 aliphatic rings. The summed E-state index contributed by atoms with van der Waals surface area (Å²) < 4.78 is 1.82. The Bertz CT molecular complexity index is 494. The Kier molecular flexibility index (Phi) is 4.65. The summed E-state index contributed by atoms with van der Waals surface area (Å²) in [6.07, 6.45) is 7.58. The molecule has 0 radical (unpaired) electrons. The third-order valence-electron chi connectivity index (χ3n) is 3.31. The van der Waals surface area contributed by atoms with Gasteiger partial charge in [-0.25, -0.2) is 0 Å². The average Bonchev–Trinajstić information content (AvgIpc) is 2.86. The molecule has 2 N–H and O–H groups in total. The van der Waals surface area contributed by atoms with Gasteiger partial charge in [0.05, 0.1) is 12.2 Å². The monoisotopic (exact) mass is 259 g/mol. The average molecular weight is 259 g/mol. The minimum atomic E-state index is 0.201. The van der Waals surface area contributed by atoms with Crippen molar-refractivity contribution in [3.05, 3.63) is 48.0 Å². The highest BCUT2D eigenvalue weighted by Crippen LogP contribution is 2.20. The number of hydrogen-bond acceptors (Lipinski definition) is 4. The molecule has 1 unspecified atom stereocenters. The highest BCUT2D eigenvalue weighted by Gasteiger charge is 2.19. The summed E-state index contributed by atoms with van der Waals surface area (Å²) >= 11 is 0. The van der Waals surface area contributed by atoms with Crippen LogP contribution in [0.1, 0.15) is 24.1 Å². The van der Waals surface area contributed by atoms with Crippen molar-refractivity contribution in [1.82, 2.24) is 19.7 Å². The Morgan fingerprint density at radius 1 is 1.37 bits per heavy atom. The first-order valence-corrected chi connectivity index (χ1v) is 6.56. The van der Waals surface area contributed by atoms with Crippen LogP contribution < -0.4 is 5.73 Å². The minimum Gasteiger partial charge on any atom is -0.329 e. The van der Waals surface area contributed by atoms with Gasteiger partial charge in [-0.15, -0.1) is 0 Å². The molecule has 2 rings (SSSR count). The van der Waals surface area contributed by atoms with Crippen molar-refractivity contribution >= 4 is 0 Å². The first-order chi connectivity index (χ1) is 9.24. The van der Waals surface area contributed by atoms with Crippen molar-refractivity contribution in [2.45, 2.75) is 19.5 Å². The molecule has 5 heteroatoms. The largest absolute Gasteiger partial charge is 0.329 e. The molecule has 2 heterocycles. The van der Waals surface area contributed by atoms with E-state index in [9.17, 15) is 0 Å². The van der Waals surface area contributed by atoms with Crippen LogP contribution in [0, 0.1) is 0 Å². The van der Waals surface area contributed by atoms with Crippen LogP contribution in [0.5, 0.6) is 0 Å². The summed E-state index contributed by atoms with van der Waals surface area (Å²) in [4.78, 5) is 6.40. The van der Waals surface area contributed by atoms with Crippen LogP contribution in [0.25, 0.3) is 0 Å². The maximum Gasteiger partial charge on any atom is 0.0538 e. The molecule has 5 nitrogen and oxygen atoms in total. The second-order valence-corrected chi connectivity index (χ2v) is 4.62. The van der Waals surface area contributed by atoms with E-state index >= 15 is 0 Å². The first kappa shape index (κ1) is 13.7. The molecule has 0 saturated heterocycles. The van der Waals surface area contributed by atoms with E-state index in [1.807, 2.05) is 48.6 Å². The van der Waals surface area contributed by atoms with E-state index in [0.29, 0.717) is 6.54 Å². The fourth-order valence-corrected chi connectivity index (χ4v) is 2.27. The van der Waals surface area contributed by atoms with Crippen LogP contribution in [0.15, 0.2) is 36.9 Å². The third-order valence-corrected chi connectivity index (χ3v) is 3.31. The third kappa shape index (κ3) is 3.39. The molecule has 102 valence electrons. The maximum absolute atomic E-state index is 5.95. The predicted octanol–water partition coefficient (Wildman–Crippen LogP) is 1.34. The molecular weight excluding hydrogens is 238 g/mol. The standard InChI is InChI=1S/C14H21N5/c1-3-19(10-12-4-6-16-7-5-12)14(8-15)13-9-17-18(2)11-13/h4-7,9,11,14H,3,8,10,15H2,1-2H3. The van der Waals surface area contributed by atoms with Gasteiger partial charge in [-0.1, -0.05) is 6.92 Å². The van der Waals surface area contributed by atoms with E-state index in [2.05, 4.69) is 21.9 Å². The van der Waals surface area contributed by atoms with Crippen molar-refractivity contribution in [3.63, 3.8) is 0 Å². The molecule has 0 aliphatic carbocycles. The molecular formula is C14H21N5. The van der Waals surface area contributed by atoms with Gasteiger partial charge in [-0.05, 0) is 24.2 Å². The zero-order valence-electron chi connectivity index (χ0n) is 11.5. The van der Waals surface area contributed by atoms with Crippen LogP contribution >= 0.6 is 0 Å². The fraction of sp³-hybridized carbons (Fsp3) is 0.429. The number of hydrogen-bond donors (Lipinski definition) is 1. The van der Waals surface area contributed by atoms with Crippen molar-refractivity contribution in [2.24, 2.45) is 12.8 Å². The molecule has 0 aliphatic heterocycles. The van der Waals surface area contributed by atoms with Gasteiger partial charge in [0, 0.05) is 44.3 Å². The van der Waals surface area contributed by atoms with E-state index < -0.39 is 0 Å². The number of nitrogens with zero attached hydrogens (tertiary/aromatic N) is 4. The topological polar surface area (TPSA) is 60.0 Å². The van der Waals surface area contributed by atoms with E-state index in [4.69, 9.17) is 5.73 Å². The molecule has 0 fully saturated rings. The van der Waals surface area contributed by atoms with Gasteiger partial charge in [-0.2, -0.15) is 5.10 Å². The first-order valence-electron chi connectivity index (χ1n) is 6.56. The molecule has 0 bridgehead atoms. The molecule has 0 spiro atoms. The minimum absolute atomic E-state index is 0.201. The normalized spacial score (nSPS) is 12.8. The molecule has 0 aromatic carbocycles. The van der Waals surface area contributed by atoms with E-state index in [1.165, 1.54) is 11.1 Å². The van der Waals surface area contributed by atoms with Gasteiger partial charge in [0.15, 0.2) is 0 Å². The van der Waals surface area contributed by atoms with Gasteiger partial charge in [0.2, 0.25) is 0 Å². The summed E-state index contributed by atoms with van der Waals surface area (Å²) in [5, 5.41) is 4.23. The van der Waals surface area contributed by atoms with Crippen molar-refractivity contribution < 1.29 is 0 Å². The van der Waals surface area contributed by atoms with Gasteiger partial charge < -0.3 is 5.73 Å². The lowest BCUT2D eigenvalue weighted by molar-refractivity contribution is 0.203. The van der Waals surface area contributed by atoms with Gasteiger partial charge >= 0.3 is 0 Å². The predicted molar refractivity (Wildman–Crippen MR) is 75.3 cm³/mol. The lowest BCUT2D eigenvalue weighted by atomic mass is 10.1. The number of pyridine rings is 1. The number of nitrogens with two attached hydrogens (primary N) is 1. The highest BCUT2D eigenvalue weighted by molar-refractivity contribution is 5.14. The summed E-state index contributed by atoms with van der Waals surface area (Å²) in [7, 11) is 1.93. The SMILES string of the molecule is CCN(Cc1ccncc1)C(CN)c1cnn(C)c1. The fourth-order valence-electron chi connectivity index (χ4n) is 2.27. The molecule has 2 aromatic heterocycles. The Morgan fingerprint density at radius 3 is 2.63 bits per heavy atom. The van der Waals surface area contributed by atoms with Gasteiger partial charge in [0.1, 0.15) is 0 Å². The summed E-state index contributed by atoms with van der Waals surface area (Å²) in [6.45, 7) is 4.56. The Hall–Kier alpha value is -1.72. The second kappa shape index (κ2) is 6.45. The molecule has 0 saturated carbocycles. The van der Waals surface area contributed by atoms with E-state index in [0.717, 1.165) is 13.1 Å². The highest BCUT2D eigenvalue weighted by atomic mass is 15.2. The Morgan fingerprint density at radius 2 is 2.11 bits per heavy atom. The summed E-state index contributed by atoms with van der Waals surface area (Å²) in [6, 6.07) is 4.28. The lowest BCUT2D eigenvalue weighted by Crippen LogP contribution is -2.33. The van der Waals surface area contributed by atoms with Crippen molar-refractivity contribution in [1.29, 1.82) is 0 Å². The van der Waals surface area contributed by atoms with Crippen LogP contribution in [0.3, 0.4) is 0 Å². The second-order valence-electron chi connectivity index (χ2n) is 4.62. The lowest BCUT2D eigenvalue weighted by Gasteiger charge is -2.29. The molecule has 0 amide bonds. The number of aryl methyl sites for hydroxylation is 1.